The highest BCUT2D eigenvalue weighted by molar-refractivity contribution is 5.05. The maximum absolute atomic E-state index is 6.16. The molecular weight excluding hydrogens is 134 g/mol. The second-order valence-corrected chi connectivity index (χ2v) is 3.60. The lowest BCUT2D eigenvalue weighted by Crippen LogP contribution is -2.39. The normalized spacial score (nSPS) is 24.2. The predicted octanol–water partition coefficient (Wildman–Crippen LogP) is 2.61. The second kappa shape index (κ2) is 3.91. The molecule has 0 spiro atoms. The van der Waals surface area contributed by atoms with Crippen molar-refractivity contribution in [1.82, 2.24) is 0 Å². The first-order valence-corrected chi connectivity index (χ1v) is 4.73. The molecule has 1 aliphatic carbocycles. The van der Waals surface area contributed by atoms with E-state index in [1.165, 1.54) is 32.1 Å². The molecule has 1 nitrogen and oxygen atoms in total. The monoisotopic (exact) mass is 153 g/mol. The van der Waals surface area contributed by atoms with E-state index in [1.54, 1.807) is 0 Å². The average Bonchev–Trinajstić information content (AvgIpc) is 2.03. The van der Waals surface area contributed by atoms with Crippen LogP contribution in [0.3, 0.4) is 0 Å². The van der Waals surface area contributed by atoms with E-state index in [1.807, 2.05) is 0 Å². The Kier molecular flexibility index (Phi) is 3.13. The molecule has 2 N–H and O–H groups in total. The Morgan fingerprint density at radius 2 is 1.91 bits per heavy atom. The van der Waals surface area contributed by atoms with Crippen LogP contribution in [0.5, 0.6) is 0 Å². The maximum Gasteiger partial charge on any atom is 0.0339 e. The van der Waals surface area contributed by atoms with Crippen LogP contribution in [-0.4, -0.2) is 5.54 Å². The van der Waals surface area contributed by atoms with Gasteiger partial charge in [-0.05, 0) is 19.3 Å². The van der Waals surface area contributed by atoms with E-state index in [-0.39, 0.29) is 5.54 Å². The number of rotatable bonds is 2. The Balaban J connectivity index is 2.43. The summed E-state index contributed by atoms with van der Waals surface area (Å²) in [6.45, 7) is 2.16. The van der Waals surface area contributed by atoms with Crippen LogP contribution in [0.2, 0.25) is 0 Å². The second-order valence-electron chi connectivity index (χ2n) is 3.60. The number of hydrogen-bond acceptors (Lipinski definition) is 1. The first-order valence-electron chi connectivity index (χ1n) is 4.73. The molecule has 0 unspecified atom stereocenters. The Morgan fingerprint density at radius 1 is 1.27 bits per heavy atom. The lowest BCUT2D eigenvalue weighted by molar-refractivity contribution is 0.358. The zero-order valence-corrected chi connectivity index (χ0v) is 7.47. The Labute approximate surface area is 69.7 Å². The minimum atomic E-state index is 0.0499. The van der Waals surface area contributed by atoms with Crippen LogP contribution in [0, 0.1) is 0 Å². The molecule has 0 aromatic rings. The first kappa shape index (κ1) is 8.79. The van der Waals surface area contributed by atoms with Gasteiger partial charge in [-0.25, -0.2) is 0 Å². The van der Waals surface area contributed by atoms with Crippen molar-refractivity contribution >= 4 is 0 Å². The van der Waals surface area contributed by atoms with Gasteiger partial charge in [0.15, 0.2) is 0 Å². The summed E-state index contributed by atoms with van der Waals surface area (Å²) in [7, 11) is 0. The predicted molar refractivity (Wildman–Crippen MR) is 49.4 cm³/mol. The molecular formula is C10H19N. The van der Waals surface area contributed by atoms with Gasteiger partial charge >= 0.3 is 0 Å². The van der Waals surface area contributed by atoms with Crippen molar-refractivity contribution in [3.63, 3.8) is 0 Å². The van der Waals surface area contributed by atoms with Crippen LogP contribution < -0.4 is 5.73 Å². The molecule has 0 radical (unpaired) electrons. The Bertz CT molecular complexity index is 132. The third-order valence-corrected chi connectivity index (χ3v) is 2.47. The summed E-state index contributed by atoms with van der Waals surface area (Å²) in [4.78, 5) is 0. The van der Waals surface area contributed by atoms with Gasteiger partial charge in [0.05, 0.1) is 0 Å². The lowest BCUT2D eigenvalue weighted by atomic mass is 9.82. The molecule has 1 saturated carbocycles. The fourth-order valence-corrected chi connectivity index (χ4v) is 1.73. The fourth-order valence-electron chi connectivity index (χ4n) is 1.73. The molecule has 0 aromatic heterocycles. The molecule has 0 atom stereocenters. The van der Waals surface area contributed by atoms with Gasteiger partial charge in [-0.15, -0.1) is 0 Å². The first-order chi connectivity index (χ1) is 5.27. The van der Waals surface area contributed by atoms with E-state index < -0.39 is 0 Å². The standard InChI is InChI=1S/C10H19N/c1-2-3-7-10(11)8-5-4-6-9-10/h3,7H,2,4-6,8-9,11H2,1H3/b7-3+. The summed E-state index contributed by atoms with van der Waals surface area (Å²) in [5, 5.41) is 0. The van der Waals surface area contributed by atoms with Crippen LogP contribution in [-0.2, 0) is 0 Å². The largest absolute Gasteiger partial charge is 0.322 e. The maximum atomic E-state index is 6.16. The lowest BCUT2D eigenvalue weighted by Gasteiger charge is -2.30. The van der Waals surface area contributed by atoms with Crippen LogP contribution in [0.15, 0.2) is 12.2 Å². The molecule has 0 amide bonds. The zero-order chi connectivity index (χ0) is 8.16. The van der Waals surface area contributed by atoms with Gasteiger partial charge in [-0.1, -0.05) is 38.3 Å². The molecule has 0 saturated heterocycles. The summed E-state index contributed by atoms with van der Waals surface area (Å²) in [5.74, 6) is 0. The van der Waals surface area contributed by atoms with Gasteiger partial charge in [0.1, 0.15) is 0 Å². The van der Waals surface area contributed by atoms with Gasteiger partial charge in [-0.3, -0.25) is 0 Å². The van der Waals surface area contributed by atoms with Gasteiger partial charge in [-0.2, -0.15) is 0 Å². The molecule has 1 rings (SSSR count). The Hall–Kier alpha value is -0.300. The smallest absolute Gasteiger partial charge is 0.0339 e. The van der Waals surface area contributed by atoms with Crippen LogP contribution in [0.4, 0.5) is 0 Å². The highest BCUT2D eigenvalue weighted by atomic mass is 14.7. The van der Waals surface area contributed by atoms with Crippen molar-refractivity contribution in [3.05, 3.63) is 12.2 Å². The molecule has 0 aliphatic heterocycles. The SMILES string of the molecule is CC/C=C/C1(N)CCCCC1. The minimum absolute atomic E-state index is 0.0499. The molecule has 1 aliphatic rings. The molecule has 0 aromatic carbocycles. The van der Waals surface area contributed by atoms with Gasteiger partial charge < -0.3 is 5.73 Å². The van der Waals surface area contributed by atoms with E-state index in [2.05, 4.69) is 19.1 Å². The molecule has 0 bridgehead atoms. The third kappa shape index (κ3) is 2.66. The van der Waals surface area contributed by atoms with Crippen LogP contribution >= 0.6 is 0 Å². The van der Waals surface area contributed by atoms with Gasteiger partial charge in [0, 0.05) is 5.54 Å². The third-order valence-electron chi connectivity index (χ3n) is 2.47. The van der Waals surface area contributed by atoms with E-state index in [9.17, 15) is 0 Å². The van der Waals surface area contributed by atoms with Gasteiger partial charge in [0.2, 0.25) is 0 Å². The molecule has 1 fully saturated rings. The summed E-state index contributed by atoms with van der Waals surface area (Å²) in [6.07, 6.45) is 11.9. The molecule has 0 heterocycles. The summed E-state index contributed by atoms with van der Waals surface area (Å²) < 4.78 is 0. The zero-order valence-electron chi connectivity index (χ0n) is 7.47. The fraction of sp³-hybridized carbons (Fsp3) is 0.800. The van der Waals surface area contributed by atoms with E-state index >= 15 is 0 Å². The number of hydrogen-bond donors (Lipinski definition) is 1. The van der Waals surface area contributed by atoms with Crippen molar-refractivity contribution in [2.45, 2.75) is 51.0 Å². The molecule has 11 heavy (non-hydrogen) atoms. The van der Waals surface area contributed by atoms with E-state index in [0.29, 0.717) is 0 Å². The average molecular weight is 153 g/mol. The van der Waals surface area contributed by atoms with Crippen LogP contribution in [0.1, 0.15) is 45.4 Å². The van der Waals surface area contributed by atoms with Crippen molar-refractivity contribution in [1.29, 1.82) is 0 Å². The quantitative estimate of drug-likeness (QED) is 0.606. The van der Waals surface area contributed by atoms with E-state index in [0.717, 1.165) is 6.42 Å². The molecule has 1 heteroatoms. The summed E-state index contributed by atoms with van der Waals surface area (Å²) >= 11 is 0. The van der Waals surface area contributed by atoms with Crippen molar-refractivity contribution < 1.29 is 0 Å². The van der Waals surface area contributed by atoms with Crippen molar-refractivity contribution in [2.75, 3.05) is 0 Å². The minimum Gasteiger partial charge on any atom is -0.322 e. The van der Waals surface area contributed by atoms with Crippen molar-refractivity contribution in [3.8, 4) is 0 Å². The van der Waals surface area contributed by atoms with Gasteiger partial charge in [0.25, 0.3) is 0 Å². The highest BCUT2D eigenvalue weighted by Crippen LogP contribution is 2.26. The Morgan fingerprint density at radius 3 is 2.45 bits per heavy atom. The number of allylic oxidation sites excluding steroid dienone is 1. The van der Waals surface area contributed by atoms with Crippen molar-refractivity contribution in [2.24, 2.45) is 5.73 Å². The number of nitrogens with two attached hydrogens (primary N) is 1. The summed E-state index contributed by atoms with van der Waals surface area (Å²) in [6, 6.07) is 0. The topological polar surface area (TPSA) is 26.0 Å². The molecule has 64 valence electrons. The van der Waals surface area contributed by atoms with E-state index in [4.69, 9.17) is 5.73 Å². The highest BCUT2D eigenvalue weighted by Gasteiger charge is 2.23. The van der Waals surface area contributed by atoms with Crippen LogP contribution in [0.25, 0.3) is 0 Å². The summed E-state index contributed by atoms with van der Waals surface area (Å²) in [5.41, 5.74) is 6.21.